The van der Waals surface area contributed by atoms with Crippen LogP contribution in [0.5, 0.6) is 0 Å². The van der Waals surface area contributed by atoms with E-state index < -0.39 is 41.8 Å². The number of alkyl halides is 1. The van der Waals surface area contributed by atoms with E-state index in [0.717, 1.165) is 0 Å². The lowest BCUT2D eigenvalue weighted by molar-refractivity contribution is -0.165. The van der Waals surface area contributed by atoms with Gasteiger partial charge in [-0.2, -0.15) is 0 Å². The molecule has 8 heteroatoms. The van der Waals surface area contributed by atoms with Gasteiger partial charge >= 0.3 is 17.9 Å². The molecular formula is C11H15ClO7. The fourth-order valence-electron chi connectivity index (χ4n) is 1.66. The van der Waals surface area contributed by atoms with Crippen LogP contribution < -0.4 is 0 Å². The summed E-state index contributed by atoms with van der Waals surface area (Å²) in [5, 5.41) is 0. The molecule has 0 aliphatic carbocycles. The van der Waals surface area contributed by atoms with Crippen LogP contribution in [0.2, 0.25) is 0 Å². The maximum absolute atomic E-state index is 11.1. The molecule has 0 saturated carbocycles. The second-order valence-electron chi connectivity index (χ2n) is 3.98. The molecule has 4 atom stereocenters. The summed E-state index contributed by atoms with van der Waals surface area (Å²) in [6.45, 7) is 3.49. The molecule has 1 aliphatic heterocycles. The summed E-state index contributed by atoms with van der Waals surface area (Å²) in [7, 11) is 0. The minimum absolute atomic E-state index is 0.145. The standard InChI is InChI=1S/C11H15ClO7/c1-5(13)16-4-8-9(17-6(2)14)10(11(12)19-8)18-7(3)15/h8-11H,4H2,1-3H3/t8-,9?,10+,11-/m1/s1. The fraction of sp³-hybridized carbons (Fsp3) is 0.727. The molecule has 0 radical (unpaired) electrons. The normalized spacial score (nSPS) is 29.7. The van der Waals surface area contributed by atoms with Crippen LogP contribution >= 0.6 is 11.6 Å². The topological polar surface area (TPSA) is 88.1 Å². The smallest absolute Gasteiger partial charge is 0.303 e. The van der Waals surface area contributed by atoms with Crippen LogP contribution in [0, 0.1) is 0 Å². The Morgan fingerprint density at radius 1 is 1.00 bits per heavy atom. The highest BCUT2D eigenvalue weighted by atomic mass is 35.5. The highest BCUT2D eigenvalue weighted by Gasteiger charge is 2.48. The predicted molar refractivity (Wildman–Crippen MR) is 62.3 cm³/mol. The maximum atomic E-state index is 11.1. The van der Waals surface area contributed by atoms with Crippen molar-refractivity contribution in [3.05, 3.63) is 0 Å². The molecule has 1 saturated heterocycles. The SMILES string of the molecule is CC(=O)OC[C@H]1O[C@@H](Cl)[C@@H](OC(C)=O)C1OC(C)=O. The van der Waals surface area contributed by atoms with Crippen molar-refractivity contribution >= 4 is 29.5 Å². The number of halogens is 1. The van der Waals surface area contributed by atoms with Crippen LogP contribution in [0.3, 0.4) is 0 Å². The largest absolute Gasteiger partial charge is 0.463 e. The van der Waals surface area contributed by atoms with Gasteiger partial charge in [0.2, 0.25) is 0 Å². The van der Waals surface area contributed by atoms with Gasteiger partial charge in [-0.05, 0) is 0 Å². The number of ether oxygens (including phenoxy) is 4. The number of rotatable bonds is 4. The van der Waals surface area contributed by atoms with Crippen LogP contribution in [0.25, 0.3) is 0 Å². The molecular weight excluding hydrogens is 280 g/mol. The Kier molecular flexibility index (Phi) is 5.56. The Morgan fingerprint density at radius 3 is 2.00 bits per heavy atom. The molecule has 1 aliphatic rings. The molecule has 1 rings (SSSR count). The summed E-state index contributed by atoms with van der Waals surface area (Å²) in [6, 6.07) is 0. The zero-order valence-corrected chi connectivity index (χ0v) is 11.5. The zero-order chi connectivity index (χ0) is 14.6. The van der Waals surface area contributed by atoms with Crippen LogP contribution in [-0.4, -0.2) is 48.4 Å². The average molecular weight is 295 g/mol. The van der Waals surface area contributed by atoms with Crippen molar-refractivity contribution < 1.29 is 33.3 Å². The van der Waals surface area contributed by atoms with Crippen molar-refractivity contribution in [1.82, 2.24) is 0 Å². The number of esters is 3. The van der Waals surface area contributed by atoms with E-state index in [2.05, 4.69) is 0 Å². The van der Waals surface area contributed by atoms with E-state index in [-0.39, 0.29) is 6.61 Å². The minimum atomic E-state index is -0.978. The molecule has 19 heavy (non-hydrogen) atoms. The Morgan fingerprint density at radius 2 is 1.53 bits per heavy atom. The first kappa shape index (κ1) is 15.7. The third-order valence-corrected chi connectivity index (χ3v) is 2.66. The van der Waals surface area contributed by atoms with Crippen molar-refractivity contribution in [2.75, 3.05) is 6.61 Å². The summed E-state index contributed by atoms with van der Waals surface area (Å²) in [4.78, 5) is 32.8. The molecule has 0 aromatic carbocycles. The molecule has 0 aromatic heterocycles. The first-order valence-electron chi connectivity index (χ1n) is 5.58. The van der Waals surface area contributed by atoms with Crippen molar-refractivity contribution in [2.24, 2.45) is 0 Å². The fourth-order valence-corrected chi connectivity index (χ4v) is 1.99. The molecule has 0 bridgehead atoms. The number of carbonyl (C=O) groups is 3. The Balaban J connectivity index is 2.76. The maximum Gasteiger partial charge on any atom is 0.303 e. The lowest BCUT2D eigenvalue weighted by atomic mass is 10.1. The summed E-state index contributed by atoms with van der Waals surface area (Å²) in [5.74, 6) is -1.67. The number of hydrogen-bond donors (Lipinski definition) is 0. The van der Waals surface area contributed by atoms with Gasteiger partial charge in [-0.15, -0.1) is 0 Å². The third-order valence-electron chi connectivity index (χ3n) is 2.31. The second kappa shape index (κ2) is 6.72. The third kappa shape index (κ3) is 4.68. The van der Waals surface area contributed by atoms with Gasteiger partial charge in [0.15, 0.2) is 17.8 Å². The Hall–Kier alpha value is -1.34. The van der Waals surface area contributed by atoms with Gasteiger partial charge in [0.1, 0.15) is 12.7 Å². The average Bonchev–Trinajstić information content (AvgIpc) is 2.53. The zero-order valence-electron chi connectivity index (χ0n) is 10.8. The molecule has 1 heterocycles. The molecule has 0 N–H and O–H groups in total. The molecule has 108 valence electrons. The van der Waals surface area contributed by atoms with Gasteiger partial charge in [0.05, 0.1) is 0 Å². The summed E-state index contributed by atoms with van der Waals surface area (Å²) >= 11 is 5.88. The van der Waals surface area contributed by atoms with Crippen LogP contribution in [0.4, 0.5) is 0 Å². The summed E-state index contributed by atoms with van der Waals surface area (Å²) in [6.07, 6.45) is -2.63. The van der Waals surface area contributed by atoms with Gasteiger partial charge in [-0.1, -0.05) is 11.6 Å². The minimum Gasteiger partial charge on any atom is -0.463 e. The number of hydrogen-bond acceptors (Lipinski definition) is 7. The number of carbonyl (C=O) groups excluding carboxylic acids is 3. The first-order chi connectivity index (χ1) is 8.81. The second-order valence-corrected chi connectivity index (χ2v) is 4.41. The predicted octanol–water partition coefficient (Wildman–Crippen LogP) is 0.377. The summed E-state index contributed by atoms with van der Waals surface area (Å²) < 4.78 is 20.0. The summed E-state index contributed by atoms with van der Waals surface area (Å²) in [5.41, 5.74) is -0.978. The van der Waals surface area contributed by atoms with Gasteiger partial charge in [-0.3, -0.25) is 14.4 Å². The van der Waals surface area contributed by atoms with Gasteiger partial charge in [0, 0.05) is 20.8 Å². The van der Waals surface area contributed by atoms with Crippen LogP contribution in [0.1, 0.15) is 20.8 Å². The lowest BCUT2D eigenvalue weighted by Gasteiger charge is -2.22. The highest BCUT2D eigenvalue weighted by molar-refractivity contribution is 6.20. The van der Waals surface area contributed by atoms with Crippen molar-refractivity contribution in [3.8, 4) is 0 Å². The van der Waals surface area contributed by atoms with E-state index in [4.69, 9.17) is 30.5 Å². The van der Waals surface area contributed by atoms with Crippen LogP contribution in [-0.2, 0) is 33.3 Å². The van der Waals surface area contributed by atoms with Gasteiger partial charge < -0.3 is 18.9 Å². The quantitative estimate of drug-likeness (QED) is 0.420. The van der Waals surface area contributed by atoms with Crippen molar-refractivity contribution in [3.63, 3.8) is 0 Å². The van der Waals surface area contributed by atoms with E-state index in [1.807, 2.05) is 0 Å². The van der Waals surface area contributed by atoms with Crippen molar-refractivity contribution in [1.29, 1.82) is 0 Å². The molecule has 1 fully saturated rings. The Labute approximate surface area is 115 Å². The van der Waals surface area contributed by atoms with E-state index in [1.54, 1.807) is 0 Å². The monoisotopic (exact) mass is 294 g/mol. The van der Waals surface area contributed by atoms with E-state index in [0.29, 0.717) is 0 Å². The van der Waals surface area contributed by atoms with E-state index in [1.165, 1.54) is 20.8 Å². The molecule has 0 aromatic rings. The van der Waals surface area contributed by atoms with Gasteiger partial charge in [0.25, 0.3) is 0 Å². The molecule has 7 nitrogen and oxygen atoms in total. The highest BCUT2D eigenvalue weighted by Crippen LogP contribution is 2.29. The Bertz CT molecular complexity index is 370. The molecule has 1 unspecified atom stereocenters. The van der Waals surface area contributed by atoms with Crippen LogP contribution in [0.15, 0.2) is 0 Å². The van der Waals surface area contributed by atoms with E-state index >= 15 is 0 Å². The lowest BCUT2D eigenvalue weighted by Crippen LogP contribution is -2.40. The molecule has 0 spiro atoms. The first-order valence-corrected chi connectivity index (χ1v) is 6.02. The van der Waals surface area contributed by atoms with Gasteiger partial charge in [-0.25, -0.2) is 0 Å². The van der Waals surface area contributed by atoms with E-state index in [9.17, 15) is 14.4 Å². The van der Waals surface area contributed by atoms with Crippen molar-refractivity contribution in [2.45, 2.75) is 44.6 Å². The molecule has 0 amide bonds.